The summed E-state index contributed by atoms with van der Waals surface area (Å²) in [6.07, 6.45) is 0. The van der Waals surface area contributed by atoms with E-state index in [0.29, 0.717) is 31.6 Å². The summed E-state index contributed by atoms with van der Waals surface area (Å²) >= 11 is 6.20. The zero-order valence-corrected chi connectivity index (χ0v) is 21.3. The van der Waals surface area contributed by atoms with Gasteiger partial charge >= 0.3 is 0 Å². The standard InChI is InChI=1S/C24H19BrN4O2S2/c1-12-6-4-7-13(2)19(12)26-21(30)20-14(3)18-22(33-20)27-24-29(23(18)31)28-17(11-32-24)15-8-5-9-16(25)10-15/h4-10H,11H2,1-3H3,(H,26,30). The first-order valence-corrected chi connectivity index (χ1v) is 12.8. The van der Waals surface area contributed by atoms with Gasteiger partial charge in [0.15, 0.2) is 5.16 Å². The summed E-state index contributed by atoms with van der Waals surface area (Å²) in [6.45, 7) is 5.71. The van der Waals surface area contributed by atoms with Crippen molar-refractivity contribution in [1.29, 1.82) is 0 Å². The summed E-state index contributed by atoms with van der Waals surface area (Å²) in [5.74, 6) is 0.375. The molecule has 0 spiro atoms. The molecule has 166 valence electrons. The van der Waals surface area contributed by atoms with Crippen LogP contribution in [0.4, 0.5) is 5.69 Å². The number of rotatable bonds is 3. The molecule has 9 heteroatoms. The van der Waals surface area contributed by atoms with Gasteiger partial charge in [0.1, 0.15) is 4.83 Å². The number of carbonyl (C=O) groups is 1. The number of nitrogens with zero attached hydrogens (tertiary/aromatic N) is 3. The fraction of sp³-hybridized carbons (Fsp3) is 0.167. The maximum atomic E-state index is 13.4. The molecule has 0 bridgehead atoms. The summed E-state index contributed by atoms with van der Waals surface area (Å²) in [5, 5.41) is 8.61. The number of hydrogen-bond donors (Lipinski definition) is 1. The Balaban J connectivity index is 1.58. The third-order valence-electron chi connectivity index (χ3n) is 5.56. The summed E-state index contributed by atoms with van der Waals surface area (Å²) in [5.41, 5.74) is 4.89. The van der Waals surface area contributed by atoms with E-state index in [1.807, 2.05) is 56.3 Å². The number of amides is 1. The van der Waals surface area contributed by atoms with Gasteiger partial charge in [-0.25, -0.2) is 4.98 Å². The topological polar surface area (TPSA) is 76.3 Å². The average Bonchev–Trinajstić information content (AvgIpc) is 3.13. The maximum Gasteiger partial charge on any atom is 0.283 e. The highest BCUT2D eigenvalue weighted by Crippen LogP contribution is 2.32. The molecule has 0 saturated carbocycles. The third-order valence-corrected chi connectivity index (χ3v) is 8.17. The second-order valence-corrected chi connectivity index (χ2v) is 10.7. The van der Waals surface area contributed by atoms with Crippen molar-refractivity contribution < 1.29 is 4.79 Å². The SMILES string of the molecule is Cc1cccc(C)c1NC(=O)c1sc2nc3n(c(=O)c2c1C)N=C(c1cccc(Br)c1)CS3. The van der Waals surface area contributed by atoms with E-state index in [1.165, 1.54) is 27.8 Å². The molecule has 1 aliphatic heterocycles. The number of thioether (sulfide) groups is 1. The average molecular weight is 539 g/mol. The molecule has 0 fully saturated rings. The molecule has 2 aromatic carbocycles. The van der Waals surface area contributed by atoms with Crippen LogP contribution in [0.25, 0.3) is 10.2 Å². The smallest absolute Gasteiger partial charge is 0.283 e. The normalized spacial score (nSPS) is 13.0. The molecule has 0 atom stereocenters. The van der Waals surface area contributed by atoms with Gasteiger partial charge in [0.2, 0.25) is 0 Å². The highest BCUT2D eigenvalue weighted by molar-refractivity contribution is 9.10. The molecule has 0 aliphatic carbocycles. The predicted molar refractivity (Wildman–Crippen MR) is 139 cm³/mol. The Kier molecular flexibility index (Phi) is 5.72. The van der Waals surface area contributed by atoms with Crippen molar-refractivity contribution in [1.82, 2.24) is 9.66 Å². The number of carbonyl (C=O) groups excluding carboxylic acids is 1. The quantitative estimate of drug-likeness (QED) is 0.336. The second-order valence-electron chi connectivity index (χ2n) is 7.81. The van der Waals surface area contributed by atoms with Crippen LogP contribution in [0.5, 0.6) is 0 Å². The number of aromatic nitrogens is 2. The van der Waals surface area contributed by atoms with E-state index in [1.54, 1.807) is 6.92 Å². The van der Waals surface area contributed by atoms with Gasteiger partial charge in [0.05, 0.1) is 16.0 Å². The van der Waals surface area contributed by atoms with E-state index in [2.05, 4.69) is 31.3 Å². The highest BCUT2D eigenvalue weighted by atomic mass is 79.9. The molecule has 2 aromatic heterocycles. The number of aryl methyl sites for hydroxylation is 3. The number of nitrogens with one attached hydrogen (secondary N) is 1. The van der Waals surface area contributed by atoms with E-state index in [0.717, 1.165) is 32.6 Å². The number of fused-ring (bicyclic) bond motifs is 2. The molecule has 5 rings (SSSR count). The number of thiophene rings is 1. The molecular weight excluding hydrogens is 520 g/mol. The Morgan fingerprint density at radius 2 is 1.85 bits per heavy atom. The third kappa shape index (κ3) is 3.94. The van der Waals surface area contributed by atoms with Crippen molar-refractivity contribution in [3.8, 4) is 0 Å². The van der Waals surface area contributed by atoms with Gasteiger partial charge in [0.25, 0.3) is 11.5 Å². The Bertz CT molecular complexity index is 1520. The van der Waals surface area contributed by atoms with Crippen molar-refractivity contribution in [3.63, 3.8) is 0 Å². The van der Waals surface area contributed by atoms with Crippen LogP contribution in [0.3, 0.4) is 0 Å². The molecule has 4 aromatic rings. The van der Waals surface area contributed by atoms with Gasteiger partial charge in [-0.05, 0) is 55.2 Å². The molecule has 3 heterocycles. The predicted octanol–water partition coefficient (Wildman–Crippen LogP) is 5.76. The maximum absolute atomic E-state index is 13.4. The van der Waals surface area contributed by atoms with Crippen molar-refractivity contribution in [2.75, 3.05) is 11.1 Å². The largest absolute Gasteiger partial charge is 0.321 e. The molecule has 0 saturated heterocycles. The zero-order chi connectivity index (χ0) is 23.3. The van der Waals surface area contributed by atoms with Crippen LogP contribution in [0.15, 0.2) is 62.0 Å². The van der Waals surface area contributed by atoms with Gasteiger partial charge in [0, 0.05) is 15.9 Å². The zero-order valence-electron chi connectivity index (χ0n) is 18.1. The highest BCUT2D eigenvalue weighted by Gasteiger charge is 2.24. The van der Waals surface area contributed by atoms with Crippen molar-refractivity contribution in [2.45, 2.75) is 25.9 Å². The molecule has 1 N–H and O–H groups in total. The molecule has 1 aliphatic rings. The number of halogens is 1. The Labute approximate surface area is 206 Å². The first-order valence-electron chi connectivity index (χ1n) is 10.2. The summed E-state index contributed by atoms with van der Waals surface area (Å²) in [7, 11) is 0. The minimum atomic E-state index is -0.255. The van der Waals surface area contributed by atoms with Crippen molar-refractivity contribution in [3.05, 3.63) is 84.4 Å². The number of para-hydroxylation sites is 1. The molecular formula is C24H19BrN4O2S2. The summed E-state index contributed by atoms with van der Waals surface area (Å²) in [6, 6.07) is 13.7. The second kappa shape index (κ2) is 8.55. The van der Waals surface area contributed by atoms with E-state index in [4.69, 9.17) is 0 Å². The van der Waals surface area contributed by atoms with E-state index in [9.17, 15) is 9.59 Å². The summed E-state index contributed by atoms with van der Waals surface area (Å²) in [4.78, 5) is 32.3. The summed E-state index contributed by atoms with van der Waals surface area (Å²) < 4.78 is 2.31. The van der Waals surface area contributed by atoms with Crippen LogP contribution in [-0.4, -0.2) is 27.0 Å². The lowest BCUT2D eigenvalue weighted by Crippen LogP contribution is -2.25. The first kappa shape index (κ1) is 22.1. The van der Waals surface area contributed by atoms with E-state index in [-0.39, 0.29) is 11.5 Å². The van der Waals surface area contributed by atoms with Gasteiger partial charge in [-0.2, -0.15) is 9.78 Å². The van der Waals surface area contributed by atoms with E-state index < -0.39 is 0 Å². The lowest BCUT2D eigenvalue weighted by atomic mass is 10.1. The van der Waals surface area contributed by atoms with Crippen LogP contribution in [0, 0.1) is 20.8 Å². The van der Waals surface area contributed by atoms with Crippen LogP contribution in [-0.2, 0) is 0 Å². The molecule has 0 radical (unpaired) electrons. The van der Waals surface area contributed by atoms with Crippen LogP contribution < -0.4 is 10.9 Å². The van der Waals surface area contributed by atoms with Crippen LogP contribution in [0.1, 0.15) is 31.9 Å². The lowest BCUT2D eigenvalue weighted by molar-refractivity contribution is 0.103. The van der Waals surface area contributed by atoms with Gasteiger partial charge in [-0.15, -0.1) is 11.3 Å². The number of anilines is 1. The molecule has 6 nitrogen and oxygen atoms in total. The van der Waals surface area contributed by atoms with Crippen LogP contribution in [0.2, 0.25) is 0 Å². The molecule has 0 unspecified atom stereocenters. The van der Waals surface area contributed by atoms with Gasteiger partial charge < -0.3 is 5.32 Å². The molecule has 33 heavy (non-hydrogen) atoms. The minimum absolute atomic E-state index is 0.235. The number of benzene rings is 2. The van der Waals surface area contributed by atoms with E-state index >= 15 is 0 Å². The fourth-order valence-electron chi connectivity index (χ4n) is 3.83. The Morgan fingerprint density at radius 1 is 1.12 bits per heavy atom. The van der Waals surface area contributed by atoms with Gasteiger partial charge in [-0.1, -0.05) is 58.0 Å². The Hall–Kier alpha value is -2.75. The Morgan fingerprint density at radius 3 is 2.58 bits per heavy atom. The van der Waals surface area contributed by atoms with Crippen molar-refractivity contribution in [2.24, 2.45) is 5.10 Å². The lowest BCUT2D eigenvalue weighted by Gasteiger charge is -2.15. The van der Waals surface area contributed by atoms with Crippen LogP contribution >= 0.6 is 39.0 Å². The fourth-order valence-corrected chi connectivity index (χ4v) is 6.24. The monoisotopic (exact) mass is 538 g/mol. The van der Waals surface area contributed by atoms with Crippen molar-refractivity contribution >= 4 is 66.6 Å². The molecule has 1 amide bonds. The van der Waals surface area contributed by atoms with Gasteiger partial charge in [-0.3, -0.25) is 9.59 Å². The minimum Gasteiger partial charge on any atom is -0.321 e. The number of hydrogen-bond acceptors (Lipinski definition) is 6. The first-order chi connectivity index (χ1) is 15.8.